The van der Waals surface area contributed by atoms with E-state index in [0.717, 1.165) is 17.0 Å². The molecule has 0 atom stereocenters. The van der Waals surface area contributed by atoms with Crippen molar-refractivity contribution in [3.05, 3.63) is 59.9 Å². The lowest BCUT2D eigenvalue weighted by Gasteiger charge is -2.28. The van der Waals surface area contributed by atoms with Gasteiger partial charge in [-0.3, -0.25) is 0 Å². The lowest BCUT2D eigenvalue weighted by atomic mass is 9.77. The molecular formula is C19H21F. The third kappa shape index (κ3) is 2.63. The highest BCUT2D eigenvalue weighted by molar-refractivity contribution is 5.68. The van der Waals surface area contributed by atoms with Gasteiger partial charge in [0.1, 0.15) is 5.82 Å². The Balaban J connectivity index is 2.01. The van der Waals surface area contributed by atoms with Gasteiger partial charge in [-0.25, -0.2) is 4.39 Å². The van der Waals surface area contributed by atoms with Crippen LogP contribution in [-0.4, -0.2) is 0 Å². The summed E-state index contributed by atoms with van der Waals surface area (Å²) in [5.74, 6) is 1.24. The molecule has 0 radical (unpaired) electrons. The Bertz CT molecular complexity index is 566. The first-order valence-electron chi connectivity index (χ1n) is 7.59. The number of hydrogen-bond donors (Lipinski definition) is 0. The molecule has 1 aliphatic carbocycles. The molecule has 0 saturated heterocycles. The lowest BCUT2D eigenvalue weighted by Crippen LogP contribution is -2.12. The second-order valence-corrected chi connectivity index (χ2v) is 6.03. The molecule has 0 bridgehead atoms. The average Bonchev–Trinajstić information content (AvgIpc) is 2.49. The van der Waals surface area contributed by atoms with E-state index in [0.29, 0.717) is 5.92 Å². The molecule has 20 heavy (non-hydrogen) atoms. The van der Waals surface area contributed by atoms with Crippen molar-refractivity contribution in [1.82, 2.24) is 0 Å². The fourth-order valence-corrected chi connectivity index (χ4v) is 3.36. The molecule has 1 heteroatoms. The number of rotatable bonds is 2. The molecule has 1 aliphatic rings. The molecule has 1 saturated carbocycles. The molecule has 1 fully saturated rings. The molecule has 0 amide bonds. The minimum absolute atomic E-state index is 0.0904. The summed E-state index contributed by atoms with van der Waals surface area (Å²) >= 11 is 0. The Morgan fingerprint density at radius 3 is 2.25 bits per heavy atom. The van der Waals surface area contributed by atoms with Crippen molar-refractivity contribution >= 4 is 0 Å². The Hall–Kier alpha value is -1.63. The third-order valence-corrected chi connectivity index (χ3v) is 4.56. The standard InChI is InChI=1S/C19H21F/c1-14-10-12-15(13-11-14)17-8-5-9-18(20)19(17)16-6-3-2-4-7-16/h2-9,14-15H,10-13H2,1H3. The molecule has 0 heterocycles. The zero-order chi connectivity index (χ0) is 13.9. The molecule has 0 unspecified atom stereocenters. The molecule has 104 valence electrons. The summed E-state index contributed by atoms with van der Waals surface area (Å²) in [5, 5.41) is 0. The molecule has 0 nitrogen and oxygen atoms in total. The van der Waals surface area contributed by atoms with Gasteiger partial charge in [-0.05, 0) is 41.9 Å². The quantitative estimate of drug-likeness (QED) is 0.647. The molecule has 0 aromatic heterocycles. The van der Waals surface area contributed by atoms with Gasteiger partial charge in [-0.15, -0.1) is 0 Å². The average molecular weight is 268 g/mol. The van der Waals surface area contributed by atoms with Gasteiger partial charge in [0, 0.05) is 5.56 Å². The van der Waals surface area contributed by atoms with Gasteiger partial charge < -0.3 is 0 Å². The van der Waals surface area contributed by atoms with Crippen LogP contribution in [0, 0.1) is 11.7 Å². The van der Waals surface area contributed by atoms with Gasteiger partial charge in [0.25, 0.3) is 0 Å². The molecule has 2 aromatic carbocycles. The lowest BCUT2D eigenvalue weighted by molar-refractivity contribution is 0.348. The highest BCUT2D eigenvalue weighted by Crippen LogP contribution is 2.40. The van der Waals surface area contributed by atoms with Crippen LogP contribution in [0.3, 0.4) is 0 Å². The second kappa shape index (κ2) is 5.78. The van der Waals surface area contributed by atoms with Crippen molar-refractivity contribution in [2.45, 2.75) is 38.5 Å². The van der Waals surface area contributed by atoms with Crippen molar-refractivity contribution in [3.63, 3.8) is 0 Å². The Kier molecular flexibility index (Phi) is 3.86. The molecule has 0 spiro atoms. The van der Waals surface area contributed by atoms with Crippen molar-refractivity contribution in [1.29, 1.82) is 0 Å². The Morgan fingerprint density at radius 2 is 1.55 bits per heavy atom. The van der Waals surface area contributed by atoms with E-state index in [2.05, 4.69) is 13.0 Å². The van der Waals surface area contributed by atoms with Gasteiger partial charge in [0.15, 0.2) is 0 Å². The summed E-state index contributed by atoms with van der Waals surface area (Å²) in [6.07, 6.45) is 4.89. The molecule has 0 N–H and O–H groups in total. The van der Waals surface area contributed by atoms with Crippen LogP contribution in [0.5, 0.6) is 0 Å². The normalized spacial score (nSPS) is 22.7. The van der Waals surface area contributed by atoms with Gasteiger partial charge >= 0.3 is 0 Å². The molecule has 3 rings (SSSR count). The van der Waals surface area contributed by atoms with Crippen molar-refractivity contribution in [3.8, 4) is 11.1 Å². The van der Waals surface area contributed by atoms with Gasteiger partial charge in [0.05, 0.1) is 0 Å². The van der Waals surface area contributed by atoms with E-state index >= 15 is 0 Å². The summed E-state index contributed by atoms with van der Waals surface area (Å²) in [6, 6.07) is 15.5. The van der Waals surface area contributed by atoms with Crippen LogP contribution < -0.4 is 0 Å². The van der Waals surface area contributed by atoms with Crippen molar-refractivity contribution in [2.24, 2.45) is 5.92 Å². The molecular weight excluding hydrogens is 247 g/mol. The number of hydrogen-bond acceptors (Lipinski definition) is 0. The van der Waals surface area contributed by atoms with E-state index in [-0.39, 0.29) is 5.82 Å². The van der Waals surface area contributed by atoms with Gasteiger partial charge in [-0.1, -0.05) is 62.2 Å². The van der Waals surface area contributed by atoms with Crippen LogP contribution in [0.2, 0.25) is 0 Å². The second-order valence-electron chi connectivity index (χ2n) is 6.03. The van der Waals surface area contributed by atoms with E-state index in [1.807, 2.05) is 36.4 Å². The number of benzene rings is 2. The first-order chi connectivity index (χ1) is 9.75. The van der Waals surface area contributed by atoms with E-state index in [1.54, 1.807) is 6.07 Å². The first kappa shape index (κ1) is 13.4. The zero-order valence-corrected chi connectivity index (χ0v) is 12.0. The highest BCUT2D eigenvalue weighted by Gasteiger charge is 2.23. The molecule has 2 aromatic rings. The minimum Gasteiger partial charge on any atom is -0.206 e. The van der Waals surface area contributed by atoms with E-state index < -0.39 is 0 Å². The predicted octanol–water partition coefficient (Wildman–Crippen LogP) is 5.79. The summed E-state index contributed by atoms with van der Waals surface area (Å²) < 4.78 is 14.4. The van der Waals surface area contributed by atoms with Crippen molar-refractivity contribution < 1.29 is 4.39 Å². The predicted molar refractivity (Wildman–Crippen MR) is 82.2 cm³/mol. The SMILES string of the molecule is CC1CCC(c2cccc(F)c2-c2ccccc2)CC1. The van der Waals surface area contributed by atoms with Crippen LogP contribution in [0.4, 0.5) is 4.39 Å². The largest absolute Gasteiger partial charge is 0.206 e. The first-order valence-corrected chi connectivity index (χ1v) is 7.59. The fraction of sp³-hybridized carbons (Fsp3) is 0.368. The summed E-state index contributed by atoms with van der Waals surface area (Å²) in [6.45, 7) is 2.32. The van der Waals surface area contributed by atoms with Crippen molar-refractivity contribution in [2.75, 3.05) is 0 Å². The van der Waals surface area contributed by atoms with Crippen LogP contribution in [0.15, 0.2) is 48.5 Å². The summed E-state index contributed by atoms with van der Waals surface area (Å²) in [5.41, 5.74) is 3.01. The van der Waals surface area contributed by atoms with Crippen LogP contribution >= 0.6 is 0 Å². The van der Waals surface area contributed by atoms with Crippen LogP contribution in [0.25, 0.3) is 11.1 Å². The number of halogens is 1. The maximum Gasteiger partial charge on any atom is 0.131 e. The maximum atomic E-state index is 14.4. The van der Waals surface area contributed by atoms with Gasteiger partial charge in [0.2, 0.25) is 0 Å². The van der Waals surface area contributed by atoms with E-state index in [9.17, 15) is 4.39 Å². The Labute approximate surface area is 120 Å². The maximum absolute atomic E-state index is 14.4. The minimum atomic E-state index is -0.0904. The molecule has 0 aliphatic heterocycles. The van der Waals surface area contributed by atoms with Gasteiger partial charge in [-0.2, -0.15) is 0 Å². The monoisotopic (exact) mass is 268 g/mol. The Morgan fingerprint density at radius 1 is 0.850 bits per heavy atom. The van der Waals surface area contributed by atoms with Crippen LogP contribution in [0.1, 0.15) is 44.1 Å². The zero-order valence-electron chi connectivity index (χ0n) is 12.0. The highest BCUT2D eigenvalue weighted by atomic mass is 19.1. The topological polar surface area (TPSA) is 0 Å². The van der Waals surface area contributed by atoms with E-state index in [1.165, 1.54) is 31.2 Å². The van der Waals surface area contributed by atoms with E-state index in [4.69, 9.17) is 0 Å². The third-order valence-electron chi connectivity index (χ3n) is 4.56. The smallest absolute Gasteiger partial charge is 0.131 e. The fourth-order valence-electron chi connectivity index (χ4n) is 3.36. The summed E-state index contributed by atoms with van der Waals surface area (Å²) in [7, 11) is 0. The summed E-state index contributed by atoms with van der Waals surface area (Å²) in [4.78, 5) is 0. The van der Waals surface area contributed by atoms with Crippen LogP contribution in [-0.2, 0) is 0 Å².